The average Bonchev–Trinajstić information content (AvgIpc) is 2.77. The van der Waals surface area contributed by atoms with Crippen molar-refractivity contribution in [1.82, 2.24) is 10.2 Å². The van der Waals surface area contributed by atoms with E-state index in [4.69, 9.17) is 0 Å². The van der Waals surface area contributed by atoms with Gasteiger partial charge in [-0.25, -0.2) is 8.42 Å². The van der Waals surface area contributed by atoms with Crippen molar-refractivity contribution in [1.29, 1.82) is 0 Å². The molecule has 0 aromatic carbocycles. The fourth-order valence-corrected chi connectivity index (χ4v) is 5.23. The van der Waals surface area contributed by atoms with Gasteiger partial charge in [-0.15, -0.1) is 0 Å². The Morgan fingerprint density at radius 1 is 1.06 bits per heavy atom. The van der Waals surface area contributed by atoms with Crippen molar-refractivity contribution >= 4 is 9.84 Å². The summed E-state index contributed by atoms with van der Waals surface area (Å²) in [6.07, 6.45) is 4.34. The lowest BCUT2D eigenvalue weighted by atomic mass is 9.90. The second-order valence-electron chi connectivity index (χ2n) is 5.75. The van der Waals surface area contributed by atoms with Gasteiger partial charge in [-0.1, -0.05) is 0 Å². The molecule has 1 N–H and O–H groups in total. The van der Waals surface area contributed by atoms with E-state index in [2.05, 4.69) is 10.2 Å². The van der Waals surface area contributed by atoms with Crippen LogP contribution < -0.4 is 5.32 Å². The maximum atomic E-state index is 11.5. The van der Waals surface area contributed by atoms with Gasteiger partial charge in [-0.3, -0.25) is 4.90 Å². The summed E-state index contributed by atoms with van der Waals surface area (Å²) < 4.78 is 23.0. The molecule has 0 bridgehead atoms. The molecular weight excluding hydrogens is 236 g/mol. The van der Waals surface area contributed by atoms with Crippen LogP contribution in [0.3, 0.4) is 0 Å². The molecular formula is C12H22N2O2S. The summed E-state index contributed by atoms with van der Waals surface area (Å²) in [6.45, 7) is 3.44. The summed E-state index contributed by atoms with van der Waals surface area (Å²) in [5.74, 6) is 1.61. The minimum atomic E-state index is -2.72. The highest BCUT2D eigenvalue weighted by molar-refractivity contribution is 7.91. The first-order chi connectivity index (χ1) is 8.16. The van der Waals surface area contributed by atoms with Crippen LogP contribution >= 0.6 is 0 Å². The molecule has 0 saturated carbocycles. The Labute approximate surface area is 104 Å². The van der Waals surface area contributed by atoms with Crippen LogP contribution in [0.15, 0.2) is 0 Å². The molecule has 3 fully saturated rings. The lowest BCUT2D eigenvalue weighted by Crippen LogP contribution is -2.52. The Morgan fingerprint density at radius 3 is 2.59 bits per heavy atom. The van der Waals surface area contributed by atoms with E-state index in [1.807, 2.05) is 0 Å². The molecule has 0 radical (unpaired) electrons. The molecule has 3 rings (SSSR count). The number of nitrogens with zero attached hydrogens (tertiary/aromatic N) is 1. The Hall–Kier alpha value is -0.130. The SMILES string of the molecule is O=S1(=O)CCC(N2CCCC3CNCC32)CC1. The van der Waals surface area contributed by atoms with Crippen LogP contribution in [0.5, 0.6) is 0 Å². The zero-order chi connectivity index (χ0) is 11.9. The molecule has 0 aromatic rings. The van der Waals surface area contributed by atoms with Gasteiger partial charge in [0, 0.05) is 18.6 Å². The van der Waals surface area contributed by atoms with Crippen molar-refractivity contribution in [3.05, 3.63) is 0 Å². The third kappa shape index (κ3) is 2.37. The minimum absolute atomic E-state index is 0.402. The number of hydrogen-bond acceptors (Lipinski definition) is 4. The van der Waals surface area contributed by atoms with Crippen LogP contribution in [-0.4, -0.2) is 56.5 Å². The summed E-state index contributed by atoms with van der Waals surface area (Å²) in [4.78, 5) is 2.61. The molecule has 2 atom stereocenters. The van der Waals surface area contributed by atoms with Crippen molar-refractivity contribution in [3.63, 3.8) is 0 Å². The summed E-state index contributed by atoms with van der Waals surface area (Å²) in [6, 6.07) is 1.20. The molecule has 5 heteroatoms. The van der Waals surface area contributed by atoms with E-state index in [9.17, 15) is 8.42 Å². The largest absolute Gasteiger partial charge is 0.315 e. The maximum absolute atomic E-state index is 11.5. The van der Waals surface area contributed by atoms with Crippen molar-refractivity contribution in [2.24, 2.45) is 5.92 Å². The van der Waals surface area contributed by atoms with Crippen molar-refractivity contribution < 1.29 is 8.42 Å². The van der Waals surface area contributed by atoms with Gasteiger partial charge in [0.25, 0.3) is 0 Å². The molecule has 0 aromatic heterocycles. The van der Waals surface area contributed by atoms with Crippen LogP contribution in [-0.2, 0) is 9.84 Å². The van der Waals surface area contributed by atoms with Crippen molar-refractivity contribution in [3.8, 4) is 0 Å². The zero-order valence-electron chi connectivity index (χ0n) is 10.3. The predicted octanol–water partition coefficient (Wildman–Crippen LogP) is 0.247. The van der Waals surface area contributed by atoms with Gasteiger partial charge in [0.15, 0.2) is 0 Å². The summed E-state index contributed by atoms with van der Waals surface area (Å²) in [5, 5.41) is 3.49. The van der Waals surface area contributed by atoms with Crippen molar-refractivity contribution in [2.75, 3.05) is 31.1 Å². The van der Waals surface area contributed by atoms with E-state index in [0.717, 1.165) is 31.8 Å². The first-order valence-electron chi connectivity index (χ1n) is 6.82. The average molecular weight is 258 g/mol. The molecule has 0 aliphatic carbocycles. The van der Waals surface area contributed by atoms with Crippen LogP contribution in [0.4, 0.5) is 0 Å². The van der Waals surface area contributed by atoms with Gasteiger partial charge in [0.1, 0.15) is 9.84 Å². The number of fused-ring (bicyclic) bond motifs is 1. The van der Waals surface area contributed by atoms with E-state index in [1.165, 1.54) is 19.4 Å². The third-order valence-corrected chi connectivity index (χ3v) is 6.43. The second kappa shape index (κ2) is 4.52. The number of likely N-dealkylation sites (tertiary alicyclic amines) is 1. The number of nitrogens with one attached hydrogen (secondary N) is 1. The number of rotatable bonds is 1. The first-order valence-corrected chi connectivity index (χ1v) is 8.65. The Kier molecular flexibility index (Phi) is 3.17. The second-order valence-corrected chi connectivity index (χ2v) is 8.05. The van der Waals surface area contributed by atoms with Crippen LogP contribution in [0.25, 0.3) is 0 Å². The molecule has 3 saturated heterocycles. The van der Waals surface area contributed by atoms with Crippen molar-refractivity contribution in [2.45, 2.75) is 37.8 Å². The van der Waals surface area contributed by atoms with Gasteiger partial charge < -0.3 is 5.32 Å². The maximum Gasteiger partial charge on any atom is 0.150 e. The molecule has 3 aliphatic rings. The molecule has 98 valence electrons. The van der Waals surface area contributed by atoms with Crippen LogP contribution in [0.1, 0.15) is 25.7 Å². The number of sulfone groups is 1. The molecule has 4 nitrogen and oxygen atoms in total. The fourth-order valence-electron chi connectivity index (χ4n) is 3.77. The highest BCUT2D eigenvalue weighted by Crippen LogP contribution is 2.31. The lowest BCUT2D eigenvalue weighted by Gasteiger charge is -2.43. The predicted molar refractivity (Wildman–Crippen MR) is 67.8 cm³/mol. The zero-order valence-corrected chi connectivity index (χ0v) is 11.1. The quantitative estimate of drug-likeness (QED) is 0.732. The topological polar surface area (TPSA) is 49.4 Å². The molecule has 17 heavy (non-hydrogen) atoms. The summed E-state index contributed by atoms with van der Waals surface area (Å²) >= 11 is 0. The van der Waals surface area contributed by atoms with Gasteiger partial charge >= 0.3 is 0 Å². The Bertz CT molecular complexity index is 368. The number of hydrogen-bond donors (Lipinski definition) is 1. The highest BCUT2D eigenvalue weighted by Gasteiger charge is 2.39. The first kappa shape index (κ1) is 11.9. The van der Waals surface area contributed by atoms with E-state index in [0.29, 0.717) is 23.6 Å². The van der Waals surface area contributed by atoms with E-state index in [1.54, 1.807) is 0 Å². The van der Waals surface area contributed by atoms with E-state index in [-0.39, 0.29) is 0 Å². The third-order valence-electron chi connectivity index (χ3n) is 4.71. The molecule has 0 amide bonds. The minimum Gasteiger partial charge on any atom is -0.315 e. The van der Waals surface area contributed by atoms with Gasteiger partial charge in [0.2, 0.25) is 0 Å². The summed E-state index contributed by atoms with van der Waals surface area (Å²) in [5.41, 5.74) is 0. The van der Waals surface area contributed by atoms with Gasteiger partial charge in [-0.05, 0) is 44.7 Å². The Morgan fingerprint density at radius 2 is 1.82 bits per heavy atom. The Balaban J connectivity index is 1.67. The molecule has 0 spiro atoms. The highest BCUT2D eigenvalue weighted by atomic mass is 32.2. The van der Waals surface area contributed by atoms with E-state index < -0.39 is 9.84 Å². The van der Waals surface area contributed by atoms with Gasteiger partial charge in [0.05, 0.1) is 11.5 Å². The van der Waals surface area contributed by atoms with Crippen LogP contribution in [0.2, 0.25) is 0 Å². The standard InChI is InChI=1S/C12H22N2O2S/c15-17(16)6-3-11(4-7-17)14-5-1-2-10-8-13-9-12(10)14/h10-13H,1-9H2. The lowest BCUT2D eigenvalue weighted by molar-refractivity contribution is 0.0718. The van der Waals surface area contributed by atoms with Gasteiger partial charge in [-0.2, -0.15) is 0 Å². The van der Waals surface area contributed by atoms with E-state index >= 15 is 0 Å². The molecule has 2 unspecified atom stereocenters. The number of piperidine rings is 1. The van der Waals surface area contributed by atoms with Crippen LogP contribution in [0, 0.1) is 5.92 Å². The molecule has 3 heterocycles. The monoisotopic (exact) mass is 258 g/mol. The summed E-state index contributed by atoms with van der Waals surface area (Å²) in [7, 11) is -2.72. The molecule has 3 aliphatic heterocycles. The fraction of sp³-hybridized carbons (Fsp3) is 1.00. The smallest absolute Gasteiger partial charge is 0.150 e. The normalized spacial score (nSPS) is 39.1.